The number of nitrogens with one attached hydrogen (secondary N) is 3. The molecule has 3 heterocycles. The SMILES string of the molecule is CC[C@H](C)[C@@H]1NC(=O)[C@H](CC(C)C)N(C)C(=O)C[C@@H](C)N(C)C(=O)[C@H](C(C)C)N(C)C(=O)C2(CCCC2)NC(=O)[C@@H]2CCCN2C(=O)[C@H](CCc2ccc(C(F)(F)F)c(Cl)c2)NC(=O)CN(C)C(=O)[C@H](CC2CCCCC2)N(C)C(=O)[C@@H]2CCN2C(=O)[C@H](C)N(C)C1=O. The summed E-state index contributed by atoms with van der Waals surface area (Å²) in [5, 5.41) is 8.17. The molecule has 2 aliphatic carbocycles. The second kappa shape index (κ2) is 32.3. The first-order chi connectivity index (χ1) is 43.6. The number of rotatable bonds is 10. The number of hydrogen-bond donors (Lipinski definition) is 3. The van der Waals surface area contributed by atoms with Gasteiger partial charge in [0, 0.05) is 67.8 Å². The number of benzene rings is 1. The molecule has 1 spiro atoms. The molecule has 22 nitrogen and oxygen atoms in total. The van der Waals surface area contributed by atoms with E-state index >= 15 is 9.59 Å². The third kappa shape index (κ3) is 17.9. The van der Waals surface area contributed by atoms with E-state index in [2.05, 4.69) is 16.0 Å². The minimum atomic E-state index is -4.74. The average molecular weight is 1330 g/mol. The van der Waals surface area contributed by atoms with E-state index in [1.165, 1.54) is 89.6 Å². The first-order valence-corrected chi connectivity index (χ1v) is 33.9. The summed E-state index contributed by atoms with van der Waals surface area (Å²) >= 11 is 6.13. The molecule has 93 heavy (non-hydrogen) atoms. The molecule has 1 aromatic rings. The molecule has 3 N–H and O–H groups in total. The molecule has 10 atom stereocenters. The fraction of sp³-hybridized carbons (Fsp3) is 0.746. The molecule has 26 heteroatoms. The Labute approximate surface area is 552 Å². The highest BCUT2D eigenvalue weighted by Gasteiger charge is 2.51. The highest BCUT2D eigenvalue weighted by molar-refractivity contribution is 6.31. The topological polar surface area (TPSA) is 250 Å². The standard InChI is InChI=1S/C67H103ClF3N11O11/c1-15-41(6)55-63(91)77(11)43(8)59(87)82-33-29-50(82)62(90)79(13)52(37-44-22-17-16-18-23-44)61(89)75(9)38-53(83)72-48(28-26-45-25-27-46(47(68)36-45)67(69,70)71)60(88)81-32-21-24-49(81)58(86)74-66(30-19-20-31-66)65(93)80(14)56(40(4)5)64(92)76(10)42(7)35-54(84)78(12)51(34-39(2)3)57(85)73-55/h25,27,36,39-44,48-52,55-56H,15-24,26,28-35,37-38H2,1-14H3,(H,72,83)(H,73,85)(H,74,86)/t41-,42+,43-,48-,49-,50-,51-,52-,55-,56-/m0/s1. The Morgan fingerprint density at radius 3 is 1.85 bits per heavy atom. The maximum atomic E-state index is 15.1. The summed E-state index contributed by atoms with van der Waals surface area (Å²) in [5.41, 5.74) is -2.24. The fourth-order valence-corrected chi connectivity index (χ4v) is 14.4. The van der Waals surface area contributed by atoms with Crippen LogP contribution in [0.3, 0.4) is 0 Å². The lowest BCUT2D eigenvalue weighted by Crippen LogP contribution is -2.65. The van der Waals surface area contributed by atoms with Crippen LogP contribution in [0.4, 0.5) is 13.2 Å². The van der Waals surface area contributed by atoms with Gasteiger partial charge in [0.15, 0.2) is 0 Å². The molecule has 0 unspecified atom stereocenters. The molecule has 11 amide bonds. The normalized spacial score (nSPS) is 28.0. The van der Waals surface area contributed by atoms with Crippen LogP contribution in [0.5, 0.6) is 0 Å². The van der Waals surface area contributed by atoms with Crippen molar-refractivity contribution < 1.29 is 65.9 Å². The zero-order valence-electron chi connectivity index (χ0n) is 57.2. The van der Waals surface area contributed by atoms with Gasteiger partial charge in [-0.25, -0.2) is 0 Å². The van der Waals surface area contributed by atoms with Crippen LogP contribution in [0.2, 0.25) is 5.02 Å². The van der Waals surface area contributed by atoms with Crippen LogP contribution in [0, 0.1) is 23.7 Å². The van der Waals surface area contributed by atoms with Crippen molar-refractivity contribution in [1.29, 1.82) is 0 Å². The molecule has 1 aromatic carbocycles. The van der Waals surface area contributed by atoms with Gasteiger partial charge in [-0.05, 0) is 113 Å². The maximum absolute atomic E-state index is 15.1. The zero-order valence-corrected chi connectivity index (χ0v) is 57.9. The van der Waals surface area contributed by atoms with Gasteiger partial charge in [0.2, 0.25) is 65.0 Å². The first-order valence-electron chi connectivity index (χ1n) is 33.5. The molecule has 6 rings (SSSR count). The molecule has 5 fully saturated rings. The number of aryl methyl sites for hydroxylation is 1. The second-order valence-corrected chi connectivity index (χ2v) is 28.3. The van der Waals surface area contributed by atoms with Crippen molar-refractivity contribution in [2.45, 2.75) is 237 Å². The van der Waals surface area contributed by atoms with Crippen molar-refractivity contribution in [1.82, 2.24) is 55.1 Å². The monoisotopic (exact) mass is 1330 g/mol. The lowest BCUT2D eigenvalue weighted by Gasteiger charge is -2.45. The van der Waals surface area contributed by atoms with E-state index in [1.807, 2.05) is 20.8 Å². The van der Waals surface area contributed by atoms with Crippen molar-refractivity contribution >= 4 is 76.6 Å². The van der Waals surface area contributed by atoms with Gasteiger partial charge in [-0.1, -0.05) is 111 Å². The summed E-state index contributed by atoms with van der Waals surface area (Å²) in [6, 6.07) is -6.63. The number of hydrogen-bond acceptors (Lipinski definition) is 11. The van der Waals surface area contributed by atoms with E-state index in [4.69, 9.17) is 11.6 Å². The second-order valence-electron chi connectivity index (χ2n) is 27.9. The summed E-state index contributed by atoms with van der Waals surface area (Å²) in [7, 11) is 8.86. The van der Waals surface area contributed by atoms with Gasteiger partial charge < -0.3 is 55.1 Å². The van der Waals surface area contributed by atoms with Crippen LogP contribution < -0.4 is 16.0 Å². The zero-order chi connectivity index (χ0) is 69.3. The molecule has 520 valence electrons. The number of alkyl halides is 3. The van der Waals surface area contributed by atoms with Gasteiger partial charge in [-0.15, -0.1) is 0 Å². The smallest absolute Gasteiger partial charge is 0.343 e. The van der Waals surface area contributed by atoms with Crippen molar-refractivity contribution in [3.63, 3.8) is 0 Å². The third-order valence-corrected chi connectivity index (χ3v) is 20.8. The van der Waals surface area contributed by atoms with E-state index < -0.39 is 160 Å². The summed E-state index contributed by atoms with van der Waals surface area (Å²) in [6.07, 6.45) is 2.41. The first kappa shape index (κ1) is 75.5. The number of amides is 11. The van der Waals surface area contributed by atoms with E-state index in [-0.39, 0.29) is 82.7 Å². The van der Waals surface area contributed by atoms with Crippen LogP contribution in [0.25, 0.3) is 0 Å². The van der Waals surface area contributed by atoms with Gasteiger partial charge in [0.25, 0.3) is 0 Å². The molecule has 3 aliphatic heterocycles. The number of halogens is 4. The van der Waals surface area contributed by atoms with E-state index in [9.17, 15) is 56.3 Å². The molecule has 3 saturated heterocycles. The highest BCUT2D eigenvalue weighted by Crippen LogP contribution is 2.37. The fourth-order valence-electron chi connectivity index (χ4n) is 14.1. The van der Waals surface area contributed by atoms with Gasteiger partial charge >= 0.3 is 6.18 Å². The number of nitrogens with zero attached hydrogens (tertiary/aromatic N) is 8. The minimum Gasteiger partial charge on any atom is -0.343 e. The Bertz CT molecular complexity index is 2900. The summed E-state index contributed by atoms with van der Waals surface area (Å²) < 4.78 is 41.4. The minimum absolute atomic E-state index is 0.0380. The Morgan fingerprint density at radius 1 is 0.645 bits per heavy atom. The Morgan fingerprint density at radius 2 is 1.28 bits per heavy atom. The summed E-state index contributed by atoms with van der Waals surface area (Å²) in [5.74, 6) is -7.42. The molecule has 0 bridgehead atoms. The lowest BCUT2D eigenvalue weighted by atomic mass is 9.84. The van der Waals surface area contributed by atoms with Gasteiger partial charge in [-0.3, -0.25) is 52.7 Å². The van der Waals surface area contributed by atoms with Crippen molar-refractivity contribution in [2.24, 2.45) is 23.7 Å². The van der Waals surface area contributed by atoms with Crippen LogP contribution >= 0.6 is 11.6 Å². The predicted octanol–water partition coefficient (Wildman–Crippen LogP) is 6.04. The quantitative estimate of drug-likeness (QED) is 0.244. The van der Waals surface area contributed by atoms with Gasteiger partial charge in [0.05, 0.1) is 17.1 Å². The van der Waals surface area contributed by atoms with Crippen molar-refractivity contribution in [3.05, 3.63) is 34.3 Å². The number of carbonyl (C=O) groups excluding carboxylic acids is 11. The van der Waals surface area contributed by atoms with Crippen LogP contribution in [-0.2, 0) is 65.3 Å². The van der Waals surface area contributed by atoms with Crippen molar-refractivity contribution in [3.8, 4) is 0 Å². The van der Waals surface area contributed by atoms with E-state index in [0.717, 1.165) is 49.1 Å². The third-order valence-electron chi connectivity index (χ3n) is 20.5. The number of likely N-dealkylation sites (N-methyl/N-ethyl adjacent to an activating group) is 6. The van der Waals surface area contributed by atoms with Gasteiger partial charge in [0.1, 0.15) is 53.9 Å². The summed E-state index contributed by atoms with van der Waals surface area (Å²) in [4.78, 5) is 173. The maximum Gasteiger partial charge on any atom is 0.417 e. The van der Waals surface area contributed by atoms with E-state index in [1.54, 1.807) is 27.7 Å². The largest absolute Gasteiger partial charge is 0.417 e. The lowest BCUT2D eigenvalue weighted by molar-refractivity contribution is -0.160. The number of fused-ring (bicyclic) bond motifs is 2. The molecule has 2 saturated carbocycles. The van der Waals surface area contributed by atoms with Crippen LogP contribution in [0.1, 0.15) is 176 Å². The molecule has 0 aromatic heterocycles. The average Bonchev–Trinajstić information content (AvgIpc) is 1.78. The Kier molecular flexibility index (Phi) is 26.2. The number of carbonyl (C=O) groups is 11. The highest BCUT2D eigenvalue weighted by atomic mass is 35.5. The Hall–Kier alpha value is -6.53. The van der Waals surface area contributed by atoms with Gasteiger partial charge in [-0.2, -0.15) is 13.2 Å². The summed E-state index contributed by atoms with van der Waals surface area (Å²) in [6.45, 7) is 13.9. The van der Waals surface area contributed by atoms with Crippen LogP contribution in [-0.4, -0.2) is 226 Å². The van der Waals surface area contributed by atoms with Crippen molar-refractivity contribution in [2.75, 3.05) is 61.9 Å². The molecular weight excluding hydrogens is 1230 g/mol. The molecule has 5 aliphatic rings. The molecule has 0 radical (unpaired) electrons. The Balaban J connectivity index is 1.39. The van der Waals surface area contributed by atoms with E-state index in [0.29, 0.717) is 31.2 Å². The predicted molar refractivity (Wildman–Crippen MR) is 344 cm³/mol. The van der Waals surface area contributed by atoms with Crippen LogP contribution in [0.15, 0.2) is 18.2 Å². The molecular formula is C67H103ClF3N11O11.